The highest BCUT2D eigenvalue weighted by Crippen LogP contribution is 2.19. The molecular formula is C15H22N4O4S. The zero-order valence-corrected chi connectivity index (χ0v) is 15.1. The van der Waals surface area contributed by atoms with Crippen molar-refractivity contribution in [3.8, 4) is 0 Å². The highest BCUT2D eigenvalue weighted by Gasteiger charge is 2.13. The average molecular weight is 354 g/mol. The number of aromatic amines is 1. The van der Waals surface area contributed by atoms with Gasteiger partial charge in [0.2, 0.25) is 0 Å². The summed E-state index contributed by atoms with van der Waals surface area (Å²) in [5.41, 5.74) is 0.871. The number of ether oxygens (including phenoxy) is 2. The summed E-state index contributed by atoms with van der Waals surface area (Å²) in [6.07, 6.45) is 1.38. The molecule has 2 rings (SSSR count). The number of amides is 1. The molecule has 0 radical (unpaired) electrons. The Morgan fingerprint density at radius 3 is 2.88 bits per heavy atom. The number of thioether (sulfide) groups is 1. The number of rotatable bonds is 7. The van der Waals surface area contributed by atoms with Crippen LogP contribution in [0.2, 0.25) is 0 Å². The van der Waals surface area contributed by atoms with Crippen LogP contribution in [-0.4, -0.2) is 58.3 Å². The fourth-order valence-electron chi connectivity index (χ4n) is 2.03. The van der Waals surface area contributed by atoms with Crippen LogP contribution in [0.1, 0.15) is 13.8 Å². The Kier molecular flexibility index (Phi) is 6.27. The molecule has 2 heterocycles. The van der Waals surface area contributed by atoms with Crippen LogP contribution in [0.25, 0.3) is 11.0 Å². The smallest absolute Gasteiger partial charge is 0.410 e. The maximum absolute atomic E-state index is 12.1. The molecule has 0 aromatic carbocycles. The molecule has 0 bridgehead atoms. The fraction of sp³-hybridized carbons (Fsp3) is 0.533. The van der Waals surface area contributed by atoms with Crippen molar-refractivity contribution >= 4 is 28.9 Å². The molecule has 0 spiro atoms. The van der Waals surface area contributed by atoms with Crippen LogP contribution in [0.4, 0.5) is 4.79 Å². The number of hydrogen-bond donors (Lipinski definition) is 1. The second-order valence-electron chi connectivity index (χ2n) is 5.58. The lowest BCUT2D eigenvalue weighted by atomic mass is 10.4. The Labute approximate surface area is 144 Å². The van der Waals surface area contributed by atoms with E-state index in [0.717, 1.165) is 5.52 Å². The van der Waals surface area contributed by atoms with Crippen molar-refractivity contribution in [1.29, 1.82) is 0 Å². The van der Waals surface area contributed by atoms with Gasteiger partial charge in [0, 0.05) is 26.8 Å². The minimum absolute atomic E-state index is 0.0738. The molecule has 0 aliphatic carbocycles. The molecule has 24 heavy (non-hydrogen) atoms. The van der Waals surface area contributed by atoms with Crippen molar-refractivity contribution in [3.05, 3.63) is 22.6 Å². The number of carbonyl (C=O) groups excluding carboxylic acids is 1. The SMILES string of the molecule is CC(C)OCCn1c(SCOC(=O)N(C)C)nc(=O)c2[nH]ccc21. The molecule has 2 aromatic rings. The largest absolute Gasteiger partial charge is 0.438 e. The summed E-state index contributed by atoms with van der Waals surface area (Å²) in [4.78, 5) is 31.9. The lowest BCUT2D eigenvalue weighted by molar-refractivity contribution is 0.0719. The summed E-state index contributed by atoms with van der Waals surface area (Å²) < 4.78 is 12.6. The third-order valence-corrected chi connectivity index (χ3v) is 3.96. The first kappa shape index (κ1) is 18.3. The van der Waals surface area contributed by atoms with Crippen molar-refractivity contribution in [2.45, 2.75) is 31.7 Å². The van der Waals surface area contributed by atoms with Gasteiger partial charge in [-0.15, -0.1) is 0 Å². The van der Waals surface area contributed by atoms with Crippen molar-refractivity contribution in [2.24, 2.45) is 0 Å². The van der Waals surface area contributed by atoms with Gasteiger partial charge >= 0.3 is 6.09 Å². The zero-order chi connectivity index (χ0) is 17.7. The van der Waals surface area contributed by atoms with Crippen LogP contribution in [0.15, 0.2) is 22.2 Å². The van der Waals surface area contributed by atoms with E-state index in [1.165, 1.54) is 16.7 Å². The molecule has 1 N–H and O–H groups in total. The summed E-state index contributed by atoms with van der Waals surface area (Å²) in [7, 11) is 3.21. The van der Waals surface area contributed by atoms with Gasteiger partial charge in [0.15, 0.2) is 5.16 Å². The number of fused-ring (bicyclic) bond motifs is 1. The predicted octanol–water partition coefficient (Wildman–Crippen LogP) is 1.90. The zero-order valence-electron chi connectivity index (χ0n) is 14.2. The number of hydrogen-bond acceptors (Lipinski definition) is 6. The first-order valence-corrected chi connectivity index (χ1v) is 8.55. The van der Waals surface area contributed by atoms with Crippen molar-refractivity contribution in [2.75, 3.05) is 26.6 Å². The van der Waals surface area contributed by atoms with Crippen LogP contribution in [-0.2, 0) is 16.0 Å². The van der Waals surface area contributed by atoms with Gasteiger partial charge in [-0.25, -0.2) is 4.79 Å². The molecule has 132 valence electrons. The summed E-state index contributed by atoms with van der Waals surface area (Å²) in [6, 6.07) is 1.82. The topological polar surface area (TPSA) is 89.4 Å². The lowest BCUT2D eigenvalue weighted by Crippen LogP contribution is -2.23. The highest BCUT2D eigenvalue weighted by atomic mass is 32.2. The normalized spacial score (nSPS) is 11.2. The maximum Gasteiger partial charge on any atom is 0.410 e. The summed E-state index contributed by atoms with van der Waals surface area (Å²) in [5, 5.41) is 0.492. The number of nitrogens with zero attached hydrogens (tertiary/aromatic N) is 3. The minimum Gasteiger partial charge on any atom is -0.438 e. The molecule has 9 heteroatoms. The van der Waals surface area contributed by atoms with Crippen LogP contribution >= 0.6 is 11.8 Å². The van der Waals surface area contributed by atoms with Gasteiger partial charge in [-0.05, 0) is 31.7 Å². The lowest BCUT2D eigenvalue weighted by Gasteiger charge is -2.15. The van der Waals surface area contributed by atoms with E-state index < -0.39 is 6.09 Å². The molecule has 0 saturated heterocycles. The van der Waals surface area contributed by atoms with Gasteiger partial charge in [-0.3, -0.25) is 4.79 Å². The van der Waals surface area contributed by atoms with Gasteiger partial charge in [-0.1, -0.05) is 0 Å². The number of aromatic nitrogens is 3. The predicted molar refractivity (Wildman–Crippen MR) is 92.3 cm³/mol. The molecule has 0 unspecified atom stereocenters. The van der Waals surface area contributed by atoms with Gasteiger partial charge < -0.3 is 23.9 Å². The second-order valence-corrected chi connectivity index (χ2v) is 6.47. The molecule has 0 atom stereocenters. The third-order valence-electron chi connectivity index (χ3n) is 3.16. The van der Waals surface area contributed by atoms with E-state index in [1.54, 1.807) is 20.3 Å². The van der Waals surface area contributed by atoms with Gasteiger partial charge in [-0.2, -0.15) is 4.98 Å². The van der Waals surface area contributed by atoms with Crippen LogP contribution in [0.3, 0.4) is 0 Å². The Hall–Kier alpha value is -2.00. The fourth-order valence-corrected chi connectivity index (χ4v) is 2.79. The number of H-pyrrole nitrogens is 1. The van der Waals surface area contributed by atoms with Crippen molar-refractivity contribution in [3.63, 3.8) is 0 Å². The molecule has 0 saturated carbocycles. The average Bonchev–Trinajstić information content (AvgIpc) is 2.99. The van der Waals surface area contributed by atoms with E-state index in [1.807, 2.05) is 24.5 Å². The number of carbonyl (C=O) groups is 1. The molecule has 2 aromatic heterocycles. The van der Waals surface area contributed by atoms with E-state index in [4.69, 9.17) is 9.47 Å². The standard InChI is InChI=1S/C15H22N4O4S/c1-10(2)22-8-7-19-11-5-6-16-12(11)13(20)17-14(19)24-9-23-15(21)18(3)4/h5-6,10,16H,7-9H2,1-4H3. The summed E-state index contributed by atoms with van der Waals surface area (Å²) in [5.74, 6) is 0.0738. The molecule has 0 aliphatic rings. The van der Waals surface area contributed by atoms with Gasteiger partial charge in [0.1, 0.15) is 11.5 Å². The molecule has 8 nitrogen and oxygen atoms in total. The van der Waals surface area contributed by atoms with Crippen LogP contribution < -0.4 is 5.56 Å². The molecular weight excluding hydrogens is 332 g/mol. The van der Waals surface area contributed by atoms with Crippen molar-refractivity contribution in [1.82, 2.24) is 19.4 Å². The Balaban J connectivity index is 2.19. The summed E-state index contributed by atoms with van der Waals surface area (Å²) >= 11 is 1.20. The first-order valence-electron chi connectivity index (χ1n) is 7.56. The molecule has 0 aliphatic heterocycles. The van der Waals surface area contributed by atoms with E-state index >= 15 is 0 Å². The Bertz CT molecular complexity index is 754. The van der Waals surface area contributed by atoms with E-state index in [0.29, 0.717) is 23.8 Å². The van der Waals surface area contributed by atoms with Gasteiger partial charge in [0.05, 0.1) is 18.2 Å². The second kappa shape index (κ2) is 8.20. The highest BCUT2D eigenvalue weighted by molar-refractivity contribution is 7.99. The molecule has 1 amide bonds. The van der Waals surface area contributed by atoms with E-state index in [9.17, 15) is 9.59 Å². The first-order chi connectivity index (χ1) is 11.4. The van der Waals surface area contributed by atoms with Crippen molar-refractivity contribution < 1.29 is 14.3 Å². The minimum atomic E-state index is -0.442. The third kappa shape index (κ3) is 4.51. The quantitative estimate of drug-likeness (QED) is 0.464. The van der Waals surface area contributed by atoms with E-state index in [-0.39, 0.29) is 17.6 Å². The Morgan fingerprint density at radius 2 is 2.21 bits per heavy atom. The van der Waals surface area contributed by atoms with Crippen LogP contribution in [0.5, 0.6) is 0 Å². The monoisotopic (exact) mass is 354 g/mol. The maximum atomic E-state index is 12.1. The summed E-state index contributed by atoms with van der Waals surface area (Å²) in [6.45, 7) is 4.97. The number of nitrogens with one attached hydrogen (secondary N) is 1. The Morgan fingerprint density at radius 1 is 1.46 bits per heavy atom. The van der Waals surface area contributed by atoms with E-state index in [2.05, 4.69) is 9.97 Å². The van der Waals surface area contributed by atoms with Gasteiger partial charge in [0.25, 0.3) is 5.56 Å². The molecule has 0 fully saturated rings. The van der Waals surface area contributed by atoms with Crippen LogP contribution in [0, 0.1) is 0 Å².